The van der Waals surface area contributed by atoms with Crippen LogP contribution in [0.1, 0.15) is 25.3 Å². The second kappa shape index (κ2) is 6.83. The molecule has 0 bridgehead atoms. The number of aromatic nitrogens is 1. The summed E-state index contributed by atoms with van der Waals surface area (Å²) in [4.78, 5) is 16.5. The van der Waals surface area contributed by atoms with Crippen molar-refractivity contribution >= 4 is 22.9 Å². The third-order valence-electron chi connectivity index (χ3n) is 3.63. The molecule has 0 spiro atoms. The number of benzene rings is 1. The third-order valence-corrected chi connectivity index (χ3v) is 4.40. The summed E-state index contributed by atoms with van der Waals surface area (Å²) < 4.78 is 0. The van der Waals surface area contributed by atoms with Gasteiger partial charge in [-0.05, 0) is 25.0 Å². The normalized spacial score (nSPS) is 13.7. The van der Waals surface area contributed by atoms with E-state index in [0.717, 1.165) is 28.4 Å². The van der Waals surface area contributed by atoms with E-state index in [4.69, 9.17) is 5.73 Å². The maximum atomic E-state index is 12.0. The number of anilines is 1. The zero-order valence-corrected chi connectivity index (χ0v) is 13.4. The van der Waals surface area contributed by atoms with Gasteiger partial charge in [0.1, 0.15) is 0 Å². The highest BCUT2D eigenvalue weighted by molar-refractivity contribution is 7.09. The lowest BCUT2D eigenvalue weighted by molar-refractivity contribution is -0.118. The second-order valence-electron chi connectivity index (χ2n) is 5.23. The fourth-order valence-electron chi connectivity index (χ4n) is 1.96. The first kappa shape index (κ1) is 15.7. The topological polar surface area (TPSA) is 68.0 Å². The van der Waals surface area contributed by atoms with Crippen LogP contribution in [0.4, 0.5) is 5.69 Å². The number of hydrogen-bond donors (Lipinski definition) is 2. The summed E-state index contributed by atoms with van der Waals surface area (Å²) in [6.45, 7) is 6.00. The van der Waals surface area contributed by atoms with Gasteiger partial charge in [0.05, 0.1) is 16.7 Å². The van der Waals surface area contributed by atoms with Crippen molar-refractivity contribution in [3.05, 3.63) is 34.7 Å². The highest BCUT2D eigenvalue weighted by atomic mass is 32.1. The minimum atomic E-state index is -0.476. The molecule has 0 aliphatic rings. The molecule has 1 aromatic heterocycles. The maximum Gasteiger partial charge on any atom is 0.241 e. The van der Waals surface area contributed by atoms with Gasteiger partial charge < -0.3 is 11.1 Å². The molecule has 0 radical (unpaired) electrons. The first-order valence-corrected chi connectivity index (χ1v) is 7.98. The summed E-state index contributed by atoms with van der Waals surface area (Å²) >= 11 is 1.63. The standard InChI is InChI=1S/C16H21N3OS/c1-4-10(2)15(17)16(20)19-13-7-5-12(6-8-13)14-9-21-11(3)18-14/h5-10,15H,4,17H2,1-3H3,(H,19,20)/t10?,15-/m0/s1. The Balaban J connectivity index is 2.04. The minimum absolute atomic E-state index is 0.137. The van der Waals surface area contributed by atoms with Crippen molar-refractivity contribution in [2.24, 2.45) is 11.7 Å². The van der Waals surface area contributed by atoms with Gasteiger partial charge in [-0.1, -0.05) is 32.4 Å². The van der Waals surface area contributed by atoms with E-state index in [1.165, 1.54) is 0 Å². The summed E-state index contributed by atoms with van der Waals surface area (Å²) in [5, 5.41) is 5.93. The molecule has 112 valence electrons. The fraction of sp³-hybridized carbons (Fsp3) is 0.375. The summed E-state index contributed by atoms with van der Waals surface area (Å²) in [5.74, 6) is 0.0313. The van der Waals surface area contributed by atoms with Crippen molar-refractivity contribution in [3.8, 4) is 11.3 Å². The Hall–Kier alpha value is -1.72. The minimum Gasteiger partial charge on any atom is -0.325 e. The molecule has 2 aromatic rings. The van der Waals surface area contributed by atoms with E-state index in [0.29, 0.717) is 0 Å². The average Bonchev–Trinajstić information content (AvgIpc) is 2.93. The lowest BCUT2D eigenvalue weighted by Gasteiger charge is -2.17. The van der Waals surface area contributed by atoms with Crippen LogP contribution in [0.5, 0.6) is 0 Å². The van der Waals surface area contributed by atoms with Crippen LogP contribution < -0.4 is 11.1 Å². The summed E-state index contributed by atoms with van der Waals surface area (Å²) in [6.07, 6.45) is 0.886. The molecular formula is C16H21N3OS. The molecule has 2 rings (SSSR count). The molecule has 1 aromatic carbocycles. The van der Waals surface area contributed by atoms with E-state index in [1.54, 1.807) is 11.3 Å². The van der Waals surface area contributed by atoms with E-state index in [2.05, 4.69) is 10.3 Å². The van der Waals surface area contributed by atoms with Crippen LogP contribution in [0.3, 0.4) is 0 Å². The van der Waals surface area contributed by atoms with E-state index < -0.39 is 6.04 Å². The number of amides is 1. The molecule has 0 saturated carbocycles. The Bertz CT molecular complexity index is 606. The molecular weight excluding hydrogens is 282 g/mol. The number of rotatable bonds is 5. The first-order chi connectivity index (χ1) is 10.0. The summed E-state index contributed by atoms with van der Waals surface area (Å²) in [6, 6.07) is 7.20. The number of carbonyl (C=O) groups is 1. The van der Waals surface area contributed by atoms with Crippen molar-refractivity contribution in [2.45, 2.75) is 33.2 Å². The quantitative estimate of drug-likeness (QED) is 0.889. The molecule has 2 atom stereocenters. The Labute approximate surface area is 129 Å². The molecule has 1 amide bonds. The van der Waals surface area contributed by atoms with Gasteiger partial charge in [0.25, 0.3) is 0 Å². The molecule has 5 heteroatoms. The van der Waals surface area contributed by atoms with Crippen molar-refractivity contribution in [1.29, 1.82) is 0 Å². The molecule has 0 fully saturated rings. The number of nitrogens with zero attached hydrogens (tertiary/aromatic N) is 1. The van der Waals surface area contributed by atoms with Gasteiger partial charge in [-0.2, -0.15) is 0 Å². The lowest BCUT2D eigenvalue weighted by Crippen LogP contribution is -2.40. The van der Waals surface area contributed by atoms with Gasteiger partial charge >= 0.3 is 0 Å². The predicted octanol–water partition coefficient (Wildman–Crippen LogP) is 3.43. The summed E-state index contributed by atoms with van der Waals surface area (Å²) in [5.41, 5.74) is 8.69. The van der Waals surface area contributed by atoms with Gasteiger partial charge in [0, 0.05) is 16.6 Å². The van der Waals surface area contributed by atoms with Crippen LogP contribution >= 0.6 is 11.3 Å². The van der Waals surface area contributed by atoms with E-state index >= 15 is 0 Å². The van der Waals surface area contributed by atoms with Gasteiger partial charge in [-0.3, -0.25) is 4.79 Å². The van der Waals surface area contributed by atoms with Crippen molar-refractivity contribution < 1.29 is 4.79 Å². The lowest BCUT2D eigenvalue weighted by atomic mass is 9.99. The van der Waals surface area contributed by atoms with Crippen LogP contribution in [0, 0.1) is 12.8 Å². The Morgan fingerprint density at radius 3 is 2.57 bits per heavy atom. The van der Waals surface area contributed by atoms with Gasteiger partial charge in [-0.25, -0.2) is 4.98 Å². The number of thiazole rings is 1. The smallest absolute Gasteiger partial charge is 0.241 e. The fourth-order valence-corrected chi connectivity index (χ4v) is 2.58. The van der Waals surface area contributed by atoms with Crippen LogP contribution in [0.2, 0.25) is 0 Å². The van der Waals surface area contributed by atoms with Crippen molar-refractivity contribution in [1.82, 2.24) is 4.98 Å². The number of hydrogen-bond acceptors (Lipinski definition) is 4. The second-order valence-corrected chi connectivity index (χ2v) is 6.29. The molecule has 1 unspecified atom stereocenters. The van der Waals surface area contributed by atoms with Crippen LogP contribution in [0.25, 0.3) is 11.3 Å². The molecule has 0 aliphatic carbocycles. The molecule has 4 nitrogen and oxygen atoms in total. The Morgan fingerprint density at radius 1 is 1.38 bits per heavy atom. The zero-order chi connectivity index (χ0) is 15.4. The number of nitrogens with two attached hydrogens (primary N) is 1. The number of carbonyl (C=O) groups excluding carboxylic acids is 1. The van der Waals surface area contributed by atoms with Gasteiger partial charge in [-0.15, -0.1) is 11.3 Å². The monoisotopic (exact) mass is 303 g/mol. The molecule has 3 N–H and O–H groups in total. The predicted molar refractivity (Wildman–Crippen MR) is 88.3 cm³/mol. The SMILES string of the molecule is CCC(C)[C@H](N)C(=O)Nc1ccc(-c2csc(C)n2)cc1. The van der Waals surface area contributed by atoms with Crippen molar-refractivity contribution in [2.75, 3.05) is 5.32 Å². The number of nitrogens with one attached hydrogen (secondary N) is 1. The van der Waals surface area contributed by atoms with Crippen LogP contribution in [-0.4, -0.2) is 16.9 Å². The largest absolute Gasteiger partial charge is 0.325 e. The van der Waals surface area contributed by atoms with Crippen LogP contribution in [-0.2, 0) is 4.79 Å². The van der Waals surface area contributed by atoms with E-state index in [-0.39, 0.29) is 11.8 Å². The maximum absolute atomic E-state index is 12.0. The van der Waals surface area contributed by atoms with E-state index in [9.17, 15) is 4.79 Å². The van der Waals surface area contributed by atoms with Gasteiger partial charge in [0.15, 0.2) is 0 Å². The highest BCUT2D eigenvalue weighted by Gasteiger charge is 2.19. The average molecular weight is 303 g/mol. The van der Waals surface area contributed by atoms with Crippen molar-refractivity contribution in [3.63, 3.8) is 0 Å². The summed E-state index contributed by atoms with van der Waals surface area (Å²) in [7, 11) is 0. The Kier molecular flexibility index (Phi) is 5.09. The molecule has 0 aliphatic heterocycles. The third kappa shape index (κ3) is 3.89. The number of aryl methyl sites for hydroxylation is 1. The van der Waals surface area contributed by atoms with Crippen LogP contribution in [0.15, 0.2) is 29.6 Å². The zero-order valence-electron chi connectivity index (χ0n) is 12.6. The molecule has 21 heavy (non-hydrogen) atoms. The first-order valence-electron chi connectivity index (χ1n) is 7.10. The van der Waals surface area contributed by atoms with Gasteiger partial charge in [0.2, 0.25) is 5.91 Å². The highest BCUT2D eigenvalue weighted by Crippen LogP contribution is 2.23. The Morgan fingerprint density at radius 2 is 2.05 bits per heavy atom. The van der Waals surface area contributed by atoms with E-state index in [1.807, 2.05) is 50.4 Å². The molecule has 0 saturated heterocycles. The molecule has 1 heterocycles.